The number of hydrogen-bond donors (Lipinski definition) is 0. The van der Waals surface area contributed by atoms with Gasteiger partial charge in [-0.25, -0.2) is 0 Å². The van der Waals surface area contributed by atoms with E-state index in [0.717, 1.165) is 44.2 Å². The van der Waals surface area contributed by atoms with E-state index in [9.17, 15) is 17.0 Å². The molecule has 2 aliphatic rings. The molecule has 2 aromatic heterocycles. The number of halogens is 2. The van der Waals surface area contributed by atoms with Crippen LogP contribution in [-0.4, -0.2) is 5.43 Å². The number of benzene rings is 8. The van der Waals surface area contributed by atoms with Gasteiger partial charge in [0, 0.05) is 0 Å². The summed E-state index contributed by atoms with van der Waals surface area (Å²) in [7, 11) is 18.4. The van der Waals surface area contributed by atoms with Gasteiger partial charge in [0.15, 0.2) is 0 Å². The van der Waals surface area contributed by atoms with E-state index in [1.165, 1.54) is 77.2 Å². The number of furan rings is 2. The number of aryl methyl sites for hydroxylation is 2. The number of allylic oxidation sites excluding steroid dienone is 2. The molecule has 0 amide bonds. The van der Waals surface area contributed by atoms with Gasteiger partial charge < -0.3 is 0 Å². The molecule has 0 N–H and O–H groups in total. The fraction of sp³-hybridized carbons (Fsp3) is 0.103. The average molecular weight is 963 g/mol. The van der Waals surface area contributed by atoms with Crippen LogP contribution in [-0.2, 0) is 15.0 Å². The molecule has 0 saturated heterocycles. The zero-order valence-electron chi connectivity index (χ0n) is 36.0. The van der Waals surface area contributed by atoms with E-state index >= 15 is 0 Å². The topological polar surface area (TPSA) is 26.3 Å². The molecule has 0 saturated carbocycles. The molecule has 2 heterocycles. The Bertz CT molecular complexity index is 3530. The third kappa shape index (κ3) is 5.85. The monoisotopic (exact) mass is 960 g/mol. The Balaban J connectivity index is 1.17. The molecule has 8 aromatic carbocycles. The molecule has 2 atom stereocenters. The molecule has 12 rings (SSSR count). The normalized spacial score (nSPS) is 16.1. The predicted molar refractivity (Wildman–Crippen MR) is 271 cm³/mol. The van der Waals surface area contributed by atoms with Gasteiger partial charge in [-0.05, 0) is 0 Å². The zero-order chi connectivity index (χ0) is 43.5. The molecule has 0 fully saturated rings. The standard InChI is InChI=1S/2C28H19O.C2H6Si.2ClH.Zr/c2*1-18-10-11-21-15-24(28-25-9-5-4-8-23(25)17-29-28)16-26(21)27(18)22-13-12-19-6-2-3-7-20(19)14-22;1-3-2;;;/h2*2-17H,1H3;1-2H3;2*1H;/q;;;;;+2/p-2. The van der Waals surface area contributed by atoms with Crippen molar-refractivity contribution >= 4 is 88.8 Å². The van der Waals surface area contributed by atoms with Crippen molar-refractivity contribution in [1.82, 2.24) is 0 Å². The fourth-order valence-corrected chi connectivity index (χ4v) is 38.9. The Morgan fingerprint density at radius 2 is 0.844 bits per heavy atom. The molecule has 10 aromatic rings. The van der Waals surface area contributed by atoms with Crippen LogP contribution in [0, 0.1) is 13.8 Å². The Kier molecular flexibility index (Phi) is 9.25. The Hall–Kier alpha value is -5.48. The SMILES string of the molecule is Cc1ccc2c(c1-c1ccc3ccccc3c1)C=C(c1occ3ccccc13)[CH]2[Zr]([Cl])([Cl])([CH]1C(c2occ3ccccc23)=Cc2c1ccc(C)c2-c1ccc2ccccc2c1)=[Si](C)C. The minimum atomic E-state index is -5.60. The van der Waals surface area contributed by atoms with Crippen LogP contribution in [0.2, 0.25) is 13.1 Å². The van der Waals surface area contributed by atoms with Gasteiger partial charge in [-0.1, -0.05) is 0 Å². The van der Waals surface area contributed by atoms with E-state index in [2.05, 4.69) is 197 Å². The first kappa shape index (κ1) is 40.1. The molecule has 2 unspecified atom stereocenters. The van der Waals surface area contributed by atoms with Gasteiger partial charge in [0.2, 0.25) is 0 Å². The van der Waals surface area contributed by atoms with Crippen molar-refractivity contribution in [1.29, 1.82) is 0 Å². The van der Waals surface area contributed by atoms with Crippen LogP contribution < -0.4 is 0 Å². The molecule has 0 bridgehead atoms. The van der Waals surface area contributed by atoms with Gasteiger partial charge in [0.1, 0.15) is 0 Å². The molecule has 6 heteroatoms. The first-order chi connectivity index (χ1) is 31.1. The van der Waals surface area contributed by atoms with Crippen molar-refractivity contribution in [3.63, 3.8) is 0 Å². The van der Waals surface area contributed by atoms with Gasteiger partial charge in [-0.15, -0.1) is 0 Å². The van der Waals surface area contributed by atoms with Crippen molar-refractivity contribution in [2.24, 2.45) is 0 Å². The quantitative estimate of drug-likeness (QED) is 0.155. The summed E-state index contributed by atoms with van der Waals surface area (Å²) in [5.74, 6) is 1.69. The van der Waals surface area contributed by atoms with Gasteiger partial charge in [-0.3, -0.25) is 0 Å². The second kappa shape index (κ2) is 14.8. The van der Waals surface area contributed by atoms with Gasteiger partial charge in [-0.2, -0.15) is 0 Å². The summed E-state index contributed by atoms with van der Waals surface area (Å²) >= 11 is -5.60. The van der Waals surface area contributed by atoms with Crippen molar-refractivity contribution < 1.29 is 23.8 Å². The fourth-order valence-electron chi connectivity index (χ4n) is 11.3. The molecule has 0 aliphatic heterocycles. The van der Waals surface area contributed by atoms with Crippen LogP contribution in [0.15, 0.2) is 179 Å². The van der Waals surface area contributed by atoms with Gasteiger partial charge in [0.25, 0.3) is 0 Å². The van der Waals surface area contributed by atoms with Crippen LogP contribution in [0.5, 0.6) is 0 Å². The zero-order valence-corrected chi connectivity index (χ0v) is 41.0. The van der Waals surface area contributed by atoms with Crippen LogP contribution in [0.25, 0.3) is 88.6 Å². The molecule has 0 spiro atoms. The third-order valence-corrected chi connectivity index (χ3v) is 60.7. The van der Waals surface area contributed by atoms with Crippen LogP contribution in [0.4, 0.5) is 0 Å². The van der Waals surface area contributed by atoms with Crippen LogP contribution in [0.1, 0.15) is 52.2 Å². The Morgan fingerprint density at radius 3 is 1.27 bits per heavy atom. The number of rotatable bonds is 6. The van der Waals surface area contributed by atoms with E-state index in [1.54, 1.807) is 0 Å². The van der Waals surface area contributed by atoms with E-state index in [0.29, 0.717) is 0 Å². The summed E-state index contributed by atoms with van der Waals surface area (Å²) in [6.45, 7) is 9.20. The van der Waals surface area contributed by atoms with E-state index in [-0.39, 0.29) is 7.25 Å². The predicted octanol–water partition coefficient (Wildman–Crippen LogP) is 17.6. The second-order valence-corrected chi connectivity index (χ2v) is 56.9. The van der Waals surface area contributed by atoms with E-state index in [4.69, 9.17) is 8.83 Å². The van der Waals surface area contributed by atoms with E-state index < -0.39 is 20.4 Å². The average Bonchev–Trinajstić information content (AvgIpc) is 4.12. The Morgan fingerprint density at radius 1 is 0.453 bits per heavy atom. The molecule has 310 valence electrons. The van der Waals surface area contributed by atoms with Gasteiger partial charge in [0.05, 0.1) is 0 Å². The maximum atomic E-state index is 9.21. The summed E-state index contributed by atoms with van der Waals surface area (Å²) in [6.07, 6.45) is 8.56. The maximum absolute atomic E-state index is 9.21. The third-order valence-electron chi connectivity index (χ3n) is 14.5. The minimum absolute atomic E-state index is 0.302. The van der Waals surface area contributed by atoms with Gasteiger partial charge >= 0.3 is 384 Å². The van der Waals surface area contributed by atoms with Crippen molar-refractivity contribution in [3.8, 4) is 22.3 Å². The summed E-state index contributed by atoms with van der Waals surface area (Å²) < 4.78 is 12.9. The van der Waals surface area contributed by atoms with E-state index in [1.807, 2.05) is 12.5 Å². The number of hydrogen-bond acceptors (Lipinski definition) is 2. The molecule has 64 heavy (non-hydrogen) atoms. The Labute approximate surface area is 381 Å². The van der Waals surface area contributed by atoms with Crippen LogP contribution >= 0.6 is 17.0 Å². The first-order valence-electron chi connectivity index (χ1n) is 22.1. The van der Waals surface area contributed by atoms with Crippen LogP contribution in [0.3, 0.4) is 0 Å². The summed E-state index contributed by atoms with van der Waals surface area (Å²) in [4.78, 5) is 0. The molecule has 0 radical (unpaired) electrons. The molecule has 2 aliphatic carbocycles. The summed E-state index contributed by atoms with van der Waals surface area (Å²) in [5.41, 5.74) is 12.5. The second-order valence-electron chi connectivity index (χ2n) is 18.2. The summed E-state index contributed by atoms with van der Waals surface area (Å²) in [5, 5.41) is 9.10. The molecule has 2 nitrogen and oxygen atoms in total. The number of fused-ring (bicyclic) bond motifs is 6. The van der Waals surface area contributed by atoms with Crippen molar-refractivity contribution in [3.05, 3.63) is 215 Å². The van der Waals surface area contributed by atoms with Crippen molar-refractivity contribution in [2.75, 3.05) is 0 Å². The van der Waals surface area contributed by atoms with Crippen molar-refractivity contribution in [2.45, 2.75) is 34.2 Å². The summed E-state index contributed by atoms with van der Waals surface area (Å²) in [6, 6.07) is 57.0. The molecular weight excluding hydrogens is 919 g/mol. The molecular formula is C58H44Cl2O2SiZr. The first-order valence-corrected chi connectivity index (χ1v) is 37.4.